The molecular formula is C11H18N4O. The van der Waals surface area contributed by atoms with Gasteiger partial charge in [0.2, 0.25) is 5.91 Å². The molecule has 5 heteroatoms. The van der Waals surface area contributed by atoms with Gasteiger partial charge in [0.15, 0.2) is 0 Å². The number of carbonyl (C=O) groups is 1. The van der Waals surface area contributed by atoms with Gasteiger partial charge >= 0.3 is 0 Å². The number of nitrogens with two attached hydrogens (primary N) is 1. The van der Waals surface area contributed by atoms with Crippen LogP contribution >= 0.6 is 0 Å². The van der Waals surface area contributed by atoms with E-state index in [1.807, 2.05) is 24.1 Å². The van der Waals surface area contributed by atoms with E-state index < -0.39 is 0 Å². The molecule has 0 aliphatic rings. The molecule has 0 saturated carbocycles. The van der Waals surface area contributed by atoms with Gasteiger partial charge in [-0.3, -0.25) is 14.7 Å². The molecule has 1 amide bonds. The summed E-state index contributed by atoms with van der Waals surface area (Å²) in [5.41, 5.74) is 7.49. The highest BCUT2D eigenvalue weighted by Crippen LogP contribution is 2.04. The highest BCUT2D eigenvalue weighted by atomic mass is 16.1. The average Bonchev–Trinajstić information content (AvgIpc) is 2.28. The zero-order chi connectivity index (χ0) is 12.0. The van der Waals surface area contributed by atoms with Crippen LogP contribution in [0.25, 0.3) is 0 Å². The Balaban J connectivity index is 2.55. The summed E-state index contributed by atoms with van der Waals surface area (Å²) in [4.78, 5) is 17.2. The van der Waals surface area contributed by atoms with Crippen LogP contribution in [0, 0.1) is 0 Å². The molecule has 0 bridgehead atoms. The molecule has 1 aromatic heterocycles. The summed E-state index contributed by atoms with van der Waals surface area (Å²) in [6.07, 6.45) is 1.74. The van der Waals surface area contributed by atoms with Crippen LogP contribution in [0.4, 0.5) is 0 Å². The van der Waals surface area contributed by atoms with Gasteiger partial charge < -0.3 is 11.1 Å². The lowest BCUT2D eigenvalue weighted by Crippen LogP contribution is -2.32. The number of carbonyl (C=O) groups excluding carboxylic acids is 1. The van der Waals surface area contributed by atoms with E-state index in [1.165, 1.54) is 0 Å². The van der Waals surface area contributed by atoms with E-state index in [9.17, 15) is 4.79 Å². The van der Waals surface area contributed by atoms with Crippen molar-refractivity contribution in [2.45, 2.75) is 13.1 Å². The van der Waals surface area contributed by atoms with Gasteiger partial charge in [0.05, 0.1) is 12.2 Å². The maximum absolute atomic E-state index is 11.2. The zero-order valence-corrected chi connectivity index (χ0v) is 9.73. The van der Waals surface area contributed by atoms with Crippen LogP contribution in [0.2, 0.25) is 0 Å². The van der Waals surface area contributed by atoms with E-state index >= 15 is 0 Å². The monoisotopic (exact) mass is 222 g/mol. The molecule has 0 spiro atoms. The largest absolute Gasteiger partial charge is 0.358 e. The molecule has 5 nitrogen and oxygen atoms in total. The van der Waals surface area contributed by atoms with Gasteiger partial charge in [0.1, 0.15) is 0 Å². The zero-order valence-electron chi connectivity index (χ0n) is 9.73. The van der Waals surface area contributed by atoms with Crippen molar-refractivity contribution in [1.82, 2.24) is 15.2 Å². The number of nitrogens with zero attached hydrogens (tertiary/aromatic N) is 2. The molecule has 0 aliphatic heterocycles. The minimum Gasteiger partial charge on any atom is -0.358 e. The second kappa shape index (κ2) is 6.19. The van der Waals surface area contributed by atoms with Crippen LogP contribution in [0.3, 0.4) is 0 Å². The summed E-state index contributed by atoms with van der Waals surface area (Å²) in [5, 5.41) is 2.59. The Labute approximate surface area is 95.7 Å². The Hall–Kier alpha value is -1.46. The van der Waals surface area contributed by atoms with Gasteiger partial charge in [0, 0.05) is 26.3 Å². The normalized spacial score (nSPS) is 10.5. The Morgan fingerprint density at radius 2 is 2.38 bits per heavy atom. The van der Waals surface area contributed by atoms with Gasteiger partial charge in [-0.1, -0.05) is 0 Å². The number of likely N-dealkylation sites (N-methyl/N-ethyl adjacent to an activating group) is 2. The fourth-order valence-corrected chi connectivity index (χ4v) is 1.43. The molecule has 1 aromatic rings. The van der Waals surface area contributed by atoms with Crippen molar-refractivity contribution in [3.05, 3.63) is 29.6 Å². The number of pyridine rings is 1. The van der Waals surface area contributed by atoms with Gasteiger partial charge in [0.25, 0.3) is 0 Å². The van der Waals surface area contributed by atoms with Crippen molar-refractivity contribution in [2.75, 3.05) is 20.6 Å². The molecule has 0 unspecified atom stereocenters. The predicted octanol–water partition coefficient (Wildman–Crippen LogP) is -0.282. The quantitative estimate of drug-likeness (QED) is 0.718. The van der Waals surface area contributed by atoms with Crippen molar-refractivity contribution < 1.29 is 4.79 Å². The molecule has 0 atom stereocenters. The van der Waals surface area contributed by atoms with E-state index in [-0.39, 0.29) is 5.91 Å². The summed E-state index contributed by atoms with van der Waals surface area (Å²) in [6, 6.07) is 3.89. The fourth-order valence-electron chi connectivity index (χ4n) is 1.43. The highest BCUT2D eigenvalue weighted by Gasteiger charge is 2.05. The number of nitrogens with one attached hydrogen (secondary N) is 1. The first-order valence-electron chi connectivity index (χ1n) is 5.18. The molecule has 0 fully saturated rings. The van der Waals surface area contributed by atoms with Crippen LogP contribution in [0.5, 0.6) is 0 Å². The molecular weight excluding hydrogens is 204 g/mol. The van der Waals surface area contributed by atoms with Crippen LogP contribution < -0.4 is 11.1 Å². The molecule has 0 aromatic carbocycles. The third-order valence-corrected chi connectivity index (χ3v) is 2.23. The van der Waals surface area contributed by atoms with Crippen LogP contribution in [0.15, 0.2) is 18.3 Å². The summed E-state index contributed by atoms with van der Waals surface area (Å²) in [5.74, 6) is 0.00982. The van der Waals surface area contributed by atoms with Crippen LogP contribution in [-0.4, -0.2) is 36.4 Å². The molecule has 88 valence electrons. The van der Waals surface area contributed by atoms with Crippen LogP contribution in [-0.2, 0) is 17.9 Å². The van der Waals surface area contributed by atoms with E-state index in [0.717, 1.165) is 11.3 Å². The lowest BCUT2D eigenvalue weighted by molar-refractivity contribution is -0.121. The maximum Gasteiger partial charge on any atom is 0.233 e. The molecule has 1 rings (SSSR count). The SMILES string of the molecule is CNC(=O)CN(C)Cc1ccnc(CN)c1. The predicted molar refractivity (Wildman–Crippen MR) is 62.5 cm³/mol. The number of aromatic nitrogens is 1. The van der Waals surface area contributed by atoms with E-state index in [0.29, 0.717) is 19.6 Å². The fraction of sp³-hybridized carbons (Fsp3) is 0.455. The summed E-state index contributed by atoms with van der Waals surface area (Å²) >= 11 is 0. The summed E-state index contributed by atoms with van der Waals surface area (Å²) < 4.78 is 0. The van der Waals surface area contributed by atoms with E-state index in [1.54, 1.807) is 13.2 Å². The first kappa shape index (κ1) is 12.6. The van der Waals surface area contributed by atoms with Gasteiger partial charge in [-0.25, -0.2) is 0 Å². The molecule has 1 heterocycles. The Kier molecular flexibility index (Phi) is 4.88. The third kappa shape index (κ3) is 3.96. The van der Waals surface area contributed by atoms with E-state index in [2.05, 4.69) is 10.3 Å². The second-order valence-electron chi connectivity index (χ2n) is 3.71. The van der Waals surface area contributed by atoms with Crippen molar-refractivity contribution in [2.24, 2.45) is 5.73 Å². The van der Waals surface area contributed by atoms with Gasteiger partial charge in [-0.2, -0.15) is 0 Å². The number of hydrogen-bond donors (Lipinski definition) is 2. The molecule has 0 aliphatic carbocycles. The minimum absolute atomic E-state index is 0.00982. The summed E-state index contributed by atoms with van der Waals surface area (Å²) in [7, 11) is 3.53. The lowest BCUT2D eigenvalue weighted by Gasteiger charge is -2.15. The Morgan fingerprint density at radius 1 is 1.62 bits per heavy atom. The smallest absolute Gasteiger partial charge is 0.233 e. The molecule has 0 saturated heterocycles. The lowest BCUT2D eigenvalue weighted by atomic mass is 10.2. The van der Waals surface area contributed by atoms with Gasteiger partial charge in [-0.15, -0.1) is 0 Å². The number of hydrogen-bond acceptors (Lipinski definition) is 4. The van der Waals surface area contributed by atoms with E-state index in [4.69, 9.17) is 5.73 Å². The topological polar surface area (TPSA) is 71.2 Å². The summed E-state index contributed by atoms with van der Waals surface area (Å²) in [6.45, 7) is 1.53. The number of amides is 1. The minimum atomic E-state index is 0.00982. The van der Waals surface area contributed by atoms with Gasteiger partial charge in [-0.05, 0) is 24.7 Å². The number of rotatable bonds is 5. The van der Waals surface area contributed by atoms with Crippen molar-refractivity contribution >= 4 is 5.91 Å². The molecule has 0 radical (unpaired) electrons. The molecule has 16 heavy (non-hydrogen) atoms. The van der Waals surface area contributed by atoms with Crippen molar-refractivity contribution in [1.29, 1.82) is 0 Å². The van der Waals surface area contributed by atoms with Crippen molar-refractivity contribution in [3.8, 4) is 0 Å². The second-order valence-corrected chi connectivity index (χ2v) is 3.71. The first-order chi connectivity index (χ1) is 7.65. The Bertz CT molecular complexity index is 354. The Morgan fingerprint density at radius 3 is 3.00 bits per heavy atom. The average molecular weight is 222 g/mol. The maximum atomic E-state index is 11.2. The molecule has 3 N–H and O–H groups in total. The van der Waals surface area contributed by atoms with Crippen molar-refractivity contribution in [3.63, 3.8) is 0 Å². The van der Waals surface area contributed by atoms with Crippen LogP contribution in [0.1, 0.15) is 11.3 Å². The standard InChI is InChI=1S/C11H18N4O/c1-13-11(16)8-15(2)7-9-3-4-14-10(5-9)6-12/h3-5H,6-8,12H2,1-2H3,(H,13,16). The third-order valence-electron chi connectivity index (χ3n) is 2.23. The first-order valence-corrected chi connectivity index (χ1v) is 5.18. The highest BCUT2D eigenvalue weighted by molar-refractivity contribution is 5.77.